The Hall–Kier alpha value is -5.21. The summed E-state index contributed by atoms with van der Waals surface area (Å²) in [5, 5.41) is 2.94. The number of hydrogen-bond acceptors (Lipinski definition) is 7. The Morgan fingerprint density at radius 3 is 2.10 bits per heavy atom. The van der Waals surface area contributed by atoms with Crippen LogP contribution in [0.15, 0.2) is 76.3 Å². The molecule has 0 fully saturated rings. The first kappa shape index (κ1) is 28.3. The molecule has 0 aliphatic heterocycles. The van der Waals surface area contributed by atoms with Gasteiger partial charge in [-0.2, -0.15) is 4.98 Å². The second-order valence-electron chi connectivity index (χ2n) is 9.17. The summed E-state index contributed by atoms with van der Waals surface area (Å²) in [5.41, 5.74) is 6.15. The smallest absolute Gasteiger partial charge is 0.406 e. The summed E-state index contributed by atoms with van der Waals surface area (Å²) >= 11 is 0. The molecule has 0 bridgehead atoms. The van der Waals surface area contributed by atoms with E-state index in [1.165, 1.54) is 54.6 Å². The minimum atomic E-state index is -4.87. The third kappa shape index (κ3) is 6.40. The maximum absolute atomic E-state index is 13.6. The normalized spacial score (nSPS) is 11.6. The van der Waals surface area contributed by atoms with E-state index in [9.17, 15) is 31.5 Å². The van der Waals surface area contributed by atoms with Crippen LogP contribution in [-0.4, -0.2) is 36.6 Å². The first-order valence-electron chi connectivity index (χ1n) is 12.4. The number of aromatic nitrogens is 5. The lowest BCUT2D eigenvalue weighted by atomic mass is 10.2. The third-order valence-corrected chi connectivity index (χ3v) is 6.26. The van der Waals surface area contributed by atoms with Crippen molar-refractivity contribution < 1.29 is 26.7 Å². The Labute approximate surface area is 233 Å². The Morgan fingerprint density at radius 1 is 0.810 bits per heavy atom. The number of nitrogens with one attached hydrogen (secondary N) is 1. The molecular formula is C27H22F5N7O3. The summed E-state index contributed by atoms with van der Waals surface area (Å²) in [6, 6.07) is 14.1. The van der Waals surface area contributed by atoms with Crippen LogP contribution in [0.4, 0.5) is 33.8 Å². The Bertz CT molecular complexity index is 1850. The first-order valence-corrected chi connectivity index (χ1v) is 12.4. The van der Waals surface area contributed by atoms with Gasteiger partial charge in [-0.25, -0.2) is 27.9 Å². The molecule has 5 rings (SSSR count). The van der Waals surface area contributed by atoms with Crippen LogP contribution in [0.3, 0.4) is 0 Å². The highest BCUT2D eigenvalue weighted by Gasteiger charge is 2.31. The van der Waals surface area contributed by atoms with E-state index in [-0.39, 0.29) is 38.1 Å². The number of anilines is 2. The standard InChI is InChI=1S/C27H22F5N7O3/c28-18-5-1-16(2-6-18)15-39-25(40)36-24(34-11-12-37-22-10-7-19(29)13-21(22)35-23(37)33)38(26(39)41)14-17-3-8-20(9-4-17)42-27(30,31)32/h1-10,13H,11-12,14-15H2,(H2,33,35)(H,34,36,40). The SMILES string of the molecule is Nc1nc2cc(F)ccc2n1CCNc1nc(=O)n(Cc2ccc(F)cc2)c(=O)n1Cc1ccc(OC(F)(F)F)cc1. The molecule has 5 aromatic rings. The molecule has 3 N–H and O–H groups in total. The molecule has 10 nitrogen and oxygen atoms in total. The van der Waals surface area contributed by atoms with E-state index in [1.807, 2.05) is 0 Å². The van der Waals surface area contributed by atoms with Gasteiger partial charge in [0.25, 0.3) is 0 Å². The number of ether oxygens (including phenoxy) is 1. The van der Waals surface area contributed by atoms with Gasteiger partial charge in [-0.3, -0.25) is 4.57 Å². The number of nitrogens with zero attached hydrogens (tertiary/aromatic N) is 5. The quantitative estimate of drug-likeness (QED) is 0.252. The van der Waals surface area contributed by atoms with Crippen LogP contribution in [-0.2, 0) is 19.6 Å². The van der Waals surface area contributed by atoms with Gasteiger partial charge in [0.2, 0.25) is 11.9 Å². The Kier molecular flexibility index (Phi) is 7.65. The first-order chi connectivity index (χ1) is 20.0. The van der Waals surface area contributed by atoms with Crippen LogP contribution in [0.2, 0.25) is 0 Å². The third-order valence-electron chi connectivity index (χ3n) is 6.26. The van der Waals surface area contributed by atoms with Crippen LogP contribution >= 0.6 is 0 Å². The van der Waals surface area contributed by atoms with Crippen LogP contribution in [0.5, 0.6) is 5.75 Å². The fraction of sp³-hybridized carbons (Fsp3) is 0.185. The molecule has 42 heavy (non-hydrogen) atoms. The molecular weight excluding hydrogens is 565 g/mol. The lowest BCUT2D eigenvalue weighted by Crippen LogP contribution is -2.43. The zero-order valence-corrected chi connectivity index (χ0v) is 21.6. The molecule has 0 aliphatic carbocycles. The summed E-state index contributed by atoms with van der Waals surface area (Å²) in [4.78, 5) is 34.6. The second-order valence-corrected chi connectivity index (χ2v) is 9.17. The van der Waals surface area contributed by atoms with Crippen molar-refractivity contribution in [2.24, 2.45) is 0 Å². The summed E-state index contributed by atoms with van der Waals surface area (Å²) in [5.74, 6) is -1.39. The molecule has 0 spiro atoms. The molecule has 218 valence electrons. The van der Waals surface area contributed by atoms with Crippen molar-refractivity contribution in [2.45, 2.75) is 26.0 Å². The van der Waals surface area contributed by atoms with Crippen molar-refractivity contribution in [3.63, 3.8) is 0 Å². The second kappa shape index (κ2) is 11.3. The molecule has 2 aromatic heterocycles. The van der Waals surface area contributed by atoms with E-state index in [2.05, 4.69) is 20.0 Å². The van der Waals surface area contributed by atoms with Gasteiger partial charge in [-0.05, 0) is 47.5 Å². The van der Waals surface area contributed by atoms with Crippen molar-refractivity contribution in [1.82, 2.24) is 23.7 Å². The van der Waals surface area contributed by atoms with E-state index >= 15 is 0 Å². The number of nitrogens with two attached hydrogens (primary N) is 1. The number of fused-ring (bicyclic) bond motifs is 1. The summed E-state index contributed by atoms with van der Waals surface area (Å²) in [6.45, 7) is -0.0531. The minimum absolute atomic E-state index is 0.106. The molecule has 0 radical (unpaired) electrons. The number of benzene rings is 3. The van der Waals surface area contributed by atoms with Crippen molar-refractivity contribution in [3.8, 4) is 5.75 Å². The Morgan fingerprint density at radius 2 is 1.43 bits per heavy atom. The average molecular weight is 588 g/mol. The van der Waals surface area contributed by atoms with Crippen LogP contribution in [0.25, 0.3) is 11.0 Å². The van der Waals surface area contributed by atoms with E-state index in [1.54, 1.807) is 4.57 Å². The molecule has 0 saturated carbocycles. The summed E-state index contributed by atoms with van der Waals surface area (Å²) < 4.78 is 72.1. The predicted octanol–water partition coefficient (Wildman–Crippen LogP) is 3.72. The van der Waals surface area contributed by atoms with E-state index in [0.29, 0.717) is 22.2 Å². The lowest BCUT2D eigenvalue weighted by Gasteiger charge is -2.16. The summed E-state index contributed by atoms with van der Waals surface area (Å²) in [7, 11) is 0. The molecule has 0 amide bonds. The monoisotopic (exact) mass is 587 g/mol. The molecule has 0 atom stereocenters. The van der Waals surface area contributed by atoms with E-state index < -0.39 is 35.1 Å². The highest BCUT2D eigenvalue weighted by Crippen LogP contribution is 2.23. The van der Waals surface area contributed by atoms with Gasteiger partial charge in [0.15, 0.2) is 0 Å². The largest absolute Gasteiger partial charge is 0.573 e. The molecule has 15 heteroatoms. The molecule has 0 saturated heterocycles. The fourth-order valence-electron chi connectivity index (χ4n) is 4.33. The molecule has 3 aromatic carbocycles. The van der Waals surface area contributed by atoms with Gasteiger partial charge in [0.1, 0.15) is 17.4 Å². The van der Waals surface area contributed by atoms with Crippen LogP contribution in [0.1, 0.15) is 11.1 Å². The van der Waals surface area contributed by atoms with Gasteiger partial charge in [-0.15, -0.1) is 13.2 Å². The number of rotatable bonds is 9. The van der Waals surface area contributed by atoms with Crippen molar-refractivity contribution >= 4 is 22.9 Å². The maximum Gasteiger partial charge on any atom is 0.573 e. The highest BCUT2D eigenvalue weighted by atomic mass is 19.4. The predicted molar refractivity (Wildman–Crippen MR) is 143 cm³/mol. The van der Waals surface area contributed by atoms with Crippen LogP contribution in [0, 0.1) is 11.6 Å². The number of nitrogen functional groups attached to an aromatic ring is 1. The molecule has 2 heterocycles. The van der Waals surface area contributed by atoms with Gasteiger partial charge in [0, 0.05) is 19.2 Å². The zero-order chi connectivity index (χ0) is 30.0. The number of imidazole rings is 1. The van der Waals surface area contributed by atoms with Crippen molar-refractivity contribution in [1.29, 1.82) is 0 Å². The summed E-state index contributed by atoms with van der Waals surface area (Å²) in [6.07, 6.45) is -4.87. The fourth-order valence-corrected chi connectivity index (χ4v) is 4.33. The van der Waals surface area contributed by atoms with Crippen molar-refractivity contribution in [3.05, 3.63) is 110 Å². The topological polar surface area (TPSA) is 122 Å². The van der Waals surface area contributed by atoms with E-state index in [0.717, 1.165) is 21.3 Å². The van der Waals surface area contributed by atoms with Crippen molar-refractivity contribution in [2.75, 3.05) is 17.6 Å². The lowest BCUT2D eigenvalue weighted by molar-refractivity contribution is -0.274. The number of alkyl halides is 3. The molecule has 0 unspecified atom stereocenters. The van der Waals surface area contributed by atoms with Crippen LogP contribution < -0.4 is 27.2 Å². The van der Waals surface area contributed by atoms with Gasteiger partial charge >= 0.3 is 17.7 Å². The maximum atomic E-state index is 13.6. The van der Waals surface area contributed by atoms with Gasteiger partial charge in [-0.1, -0.05) is 24.3 Å². The molecule has 0 aliphatic rings. The number of halogens is 5. The Balaban J connectivity index is 1.45. The minimum Gasteiger partial charge on any atom is -0.406 e. The van der Waals surface area contributed by atoms with Gasteiger partial charge in [0.05, 0.1) is 24.1 Å². The number of hydrogen-bond donors (Lipinski definition) is 2. The average Bonchev–Trinajstić information content (AvgIpc) is 3.23. The zero-order valence-electron chi connectivity index (χ0n) is 21.6. The van der Waals surface area contributed by atoms with Gasteiger partial charge < -0.3 is 20.4 Å². The highest BCUT2D eigenvalue weighted by molar-refractivity contribution is 5.78. The van der Waals surface area contributed by atoms with E-state index in [4.69, 9.17) is 5.73 Å².